The zero-order chi connectivity index (χ0) is 16.9. The van der Waals surface area contributed by atoms with Crippen LogP contribution in [0, 0.1) is 5.92 Å². The second kappa shape index (κ2) is 7.57. The van der Waals surface area contributed by atoms with Crippen LogP contribution < -0.4 is 11.1 Å². The van der Waals surface area contributed by atoms with E-state index in [1.807, 2.05) is 37.3 Å². The molecule has 3 atom stereocenters. The summed E-state index contributed by atoms with van der Waals surface area (Å²) in [6, 6.07) is 9.82. The molecule has 1 saturated carbocycles. The molecule has 3 rings (SSSR count). The molecule has 2 aromatic rings. The molecule has 1 aromatic heterocycles. The van der Waals surface area contributed by atoms with Gasteiger partial charge in [0, 0.05) is 18.9 Å². The fourth-order valence-corrected chi connectivity index (χ4v) is 3.21. The lowest BCUT2D eigenvalue weighted by Gasteiger charge is -2.16. The Bertz CT molecular complexity index is 671. The molecule has 24 heavy (non-hydrogen) atoms. The summed E-state index contributed by atoms with van der Waals surface area (Å²) in [7, 11) is 0. The molecule has 1 fully saturated rings. The second-order valence-corrected chi connectivity index (χ2v) is 6.56. The topological polar surface area (TPSA) is 94.0 Å². The standard InChI is InChI=1S/C18H24N4O2/c1-12(20-17(23)11-14-8-5-9-15(14)19)18-21-16(22-24-18)10-13-6-3-2-4-7-13/h2-4,6-7,12,14-15H,5,8-11,19H2,1H3,(H,20,23)/t12?,14-,15+/m0/s1. The fraction of sp³-hybridized carbons (Fsp3) is 0.500. The maximum atomic E-state index is 12.2. The minimum atomic E-state index is -0.299. The van der Waals surface area contributed by atoms with Crippen molar-refractivity contribution in [3.63, 3.8) is 0 Å². The quantitative estimate of drug-likeness (QED) is 0.849. The van der Waals surface area contributed by atoms with Crippen molar-refractivity contribution in [1.29, 1.82) is 0 Å². The molecule has 1 amide bonds. The Balaban J connectivity index is 1.53. The van der Waals surface area contributed by atoms with Crippen molar-refractivity contribution < 1.29 is 9.32 Å². The van der Waals surface area contributed by atoms with Gasteiger partial charge < -0.3 is 15.6 Å². The lowest BCUT2D eigenvalue weighted by Crippen LogP contribution is -2.33. The lowest BCUT2D eigenvalue weighted by molar-refractivity contribution is -0.122. The van der Waals surface area contributed by atoms with E-state index in [2.05, 4.69) is 15.5 Å². The minimum absolute atomic E-state index is 0.00680. The van der Waals surface area contributed by atoms with Crippen molar-refractivity contribution in [3.8, 4) is 0 Å². The number of rotatable bonds is 6. The molecule has 6 nitrogen and oxygen atoms in total. The molecule has 1 aliphatic carbocycles. The number of nitrogens with zero attached hydrogens (tertiary/aromatic N) is 2. The Morgan fingerprint density at radius 3 is 2.88 bits per heavy atom. The molecule has 3 N–H and O–H groups in total. The summed E-state index contributed by atoms with van der Waals surface area (Å²) in [5, 5.41) is 6.93. The van der Waals surface area contributed by atoms with E-state index in [9.17, 15) is 4.79 Å². The number of carbonyl (C=O) groups excluding carboxylic acids is 1. The van der Waals surface area contributed by atoms with Gasteiger partial charge >= 0.3 is 0 Å². The van der Waals surface area contributed by atoms with Crippen LogP contribution in [0.4, 0.5) is 0 Å². The Hall–Kier alpha value is -2.21. The highest BCUT2D eigenvalue weighted by Gasteiger charge is 2.27. The third-order valence-electron chi connectivity index (χ3n) is 4.60. The third-order valence-corrected chi connectivity index (χ3v) is 4.60. The summed E-state index contributed by atoms with van der Waals surface area (Å²) in [5.41, 5.74) is 7.15. The summed E-state index contributed by atoms with van der Waals surface area (Å²) in [5.74, 6) is 1.33. The van der Waals surface area contributed by atoms with Gasteiger partial charge in [0.25, 0.3) is 0 Å². The Labute approximate surface area is 141 Å². The van der Waals surface area contributed by atoms with Crippen LogP contribution in [0.5, 0.6) is 0 Å². The van der Waals surface area contributed by atoms with Gasteiger partial charge in [0.1, 0.15) is 6.04 Å². The predicted molar refractivity (Wildman–Crippen MR) is 90.0 cm³/mol. The smallest absolute Gasteiger partial charge is 0.248 e. The van der Waals surface area contributed by atoms with Gasteiger partial charge in [-0.2, -0.15) is 4.98 Å². The van der Waals surface area contributed by atoms with E-state index in [4.69, 9.17) is 10.3 Å². The van der Waals surface area contributed by atoms with Crippen molar-refractivity contribution in [1.82, 2.24) is 15.5 Å². The molecule has 0 spiro atoms. The minimum Gasteiger partial charge on any atom is -0.345 e. The van der Waals surface area contributed by atoms with E-state index in [1.54, 1.807) is 0 Å². The molecule has 0 aliphatic heterocycles. The number of nitrogens with one attached hydrogen (secondary N) is 1. The van der Waals surface area contributed by atoms with Gasteiger partial charge in [-0.15, -0.1) is 0 Å². The van der Waals surface area contributed by atoms with E-state index in [1.165, 1.54) is 0 Å². The first-order chi connectivity index (χ1) is 11.6. The number of aromatic nitrogens is 2. The predicted octanol–water partition coefficient (Wildman–Crippen LogP) is 2.36. The average molecular weight is 328 g/mol. The first kappa shape index (κ1) is 16.6. The van der Waals surface area contributed by atoms with Gasteiger partial charge in [-0.25, -0.2) is 0 Å². The molecular formula is C18H24N4O2. The zero-order valence-electron chi connectivity index (χ0n) is 13.9. The molecule has 1 heterocycles. The van der Waals surface area contributed by atoms with E-state index < -0.39 is 0 Å². The molecule has 1 aliphatic rings. The number of nitrogens with two attached hydrogens (primary N) is 1. The SMILES string of the molecule is CC(NC(=O)C[C@@H]1CCC[C@H]1N)c1nc(Cc2ccccc2)no1. The first-order valence-electron chi connectivity index (χ1n) is 8.53. The van der Waals surface area contributed by atoms with Crippen molar-refractivity contribution in [2.45, 2.75) is 51.1 Å². The Morgan fingerprint density at radius 2 is 2.17 bits per heavy atom. The van der Waals surface area contributed by atoms with Crippen LogP contribution in [0.15, 0.2) is 34.9 Å². The second-order valence-electron chi connectivity index (χ2n) is 6.56. The monoisotopic (exact) mass is 328 g/mol. The highest BCUT2D eigenvalue weighted by atomic mass is 16.5. The van der Waals surface area contributed by atoms with Crippen LogP contribution in [0.3, 0.4) is 0 Å². The van der Waals surface area contributed by atoms with E-state index in [0.29, 0.717) is 24.6 Å². The van der Waals surface area contributed by atoms with Crippen LogP contribution in [-0.2, 0) is 11.2 Å². The van der Waals surface area contributed by atoms with Crippen LogP contribution in [0.1, 0.15) is 55.9 Å². The first-order valence-corrected chi connectivity index (χ1v) is 8.53. The van der Waals surface area contributed by atoms with Gasteiger partial charge in [-0.05, 0) is 31.2 Å². The average Bonchev–Trinajstić information content (AvgIpc) is 3.18. The van der Waals surface area contributed by atoms with Crippen molar-refractivity contribution in [3.05, 3.63) is 47.6 Å². The highest BCUT2D eigenvalue weighted by Crippen LogP contribution is 2.27. The molecule has 6 heteroatoms. The lowest BCUT2D eigenvalue weighted by atomic mass is 10.00. The van der Waals surface area contributed by atoms with Crippen LogP contribution in [0.25, 0.3) is 0 Å². The van der Waals surface area contributed by atoms with Gasteiger partial charge in [0.05, 0.1) is 0 Å². The van der Waals surface area contributed by atoms with Crippen molar-refractivity contribution in [2.24, 2.45) is 11.7 Å². The van der Waals surface area contributed by atoms with Crippen molar-refractivity contribution >= 4 is 5.91 Å². The van der Waals surface area contributed by atoms with Gasteiger partial charge in [0.2, 0.25) is 11.8 Å². The molecule has 0 bridgehead atoms. The van der Waals surface area contributed by atoms with Crippen molar-refractivity contribution in [2.75, 3.05) is 0 Å². The Kier molecular flexibility index (Phi) is 5.25. The molecule has 128 valence electrons. The number of benzene rings is 1. The highest BCUT2D eigenvalue weighted by molar-refractivity contribution is 5.76. The largest absolute Gasteiger partial charge is 0.345 e. The summed E-state index contributed by atoms with van der Waals surface area (Å²) in [6.07, 6.45) is 4.24. The number of hydrogen-bond donors (Lipinski definition) is 2. The Morgan fingerprint density at radius 1 is 1.38 bits per heavy atom. The number of carbonyl (C=O) groups is 1. The van der Waals surface area contributed by atoms with Crippen LogP contribution in [-0.4, -0.2) is 22.1 Å². The van der Waals surface area contributed by atoms with E-state index in [-0.39, 0.29) is 23.9 Å². The maximum Gasteiger partial charge on any atom is 0.248 e. The molecule has 1 aromatic carbocycles. The summed E-state index contributed by atoms with van der Waals surface area (Å²) in [4.78, 5) is 16.6. The van der Waals surface area contributed by atoms with E-state index in [0.717, 1.165) is 24.8 Å². The molecule has 0 saturated heterocycles. The van der Waals surface area contributed by atoms with E-state index >= 15 is 0 Å². The molecular weight excluding hydrogens is 304 g/mol. The van der Waals surface area contributed by atoms with Gasteiger partial charge in [0.15, 0.2) is 5.82 Å². The maximum absolute atomic E-state index is 12.2. The zero-order valence-corrected chi connectivity index (χ0v) is 13.9. The normalized spacial score (nSPS) is 21.6. The van der Waals surface area contributed by atoms with Crippen LogP contribution in [0.2, 0.25) is 0 Å². The van der Waals surface area contributed by atoms with Gasteiger partial charge in [-0.3, -0.25) is 4.79 Å². The number of hydrogen-bond acceptors (Lipinski definition) is 5. The van der Waals surface area contributed by atoms with Crippen LogP contribution >= 0.6 is 0 Å². The third kappa shape index (κ3) is 4.20. The van der Waals surface area contributed by atoms with Gasteiger partial charge in [-0.1, -0.05) is 41.9 Å². The summed E-state index contributed by atoms with van der Waals surface area (Å²) >= 11 is 0. The molecule has 0 radical (unpaired) electrons. The molecule has 1 unspecified atom stereocenters. The summed E-state index contributed by atoms with van der Waals surface area (Å²) < 4.78 is 5.29. The fourth-order valence-electron chi connectivity index (χ4n) is 3.21. The summed E-state index contributed by atoms with van der Waals surface area (Å²) in [6.45, 7) is 1.85. The number of amides is 1.